The van der Waals surface area contributed by atoms with Crippen LogP contribution >= 0.6 is 0 Å². The normalized spacial score (nSPS) is 11.3. The second-order valence-corrected chi connectivity index (χ2v) is 10.2. The molecule has 0 aliphatic heterocycles. The highest BCUT2D eigenvalue weighted by molar-refractivity contribution is 5.87. The van der Waals surface area contributed by atoms with Gasteiger partial charge in [0, 0.05) is 11.1 Å². The Labute approximate surface area is 238 Å². The van der Waals surface area contributed by atoms with Crippen LogP contribution in [0.2, 0.25) is 0 Å². The van der Waals surface area contributed by atoms with Crippen LogP contribution in [-0.4, -0.2) is 61.2 Å². The van der Waals surface area contributed by atoms with Gasteiger partial charge in [-0.05, 0) is 20.3 Å². The molecule has 0 bridgehead atoms. The molecule has 0 radical (unpaired) electrons. The predicted octanol–water partition coefficient (Wildman–Crippen LogP) is 6.35. The molecule has 1 unspecified atom stereocenters. The van der Waals surface area contributed by atoms with E-state index in [1.54, 1.807) is 13.8 Å². The second-order valence-electron chi connectivity index (χ2n) is 10.2. The van der Waals surface area contributed by atoms with Gasteiger partial charge in [-0.25, -0.2) is 9.59 Å². The molecule has 39 heavy (non-hydrogen) atoms. The highest BCUT2D eigenvalue weighted by Gasteiger charge is 2.04. The molecule has 1 atom stereocenters. The van der Waals surface area contributed by atoms with Crippen LogP contribution < -0.4 is 5.48 Å². The number of carbonyl (C=O) groups excluding carboxylic acids is 2. The average Bonchev–Trinajstić information content (AvgIpc) is 2.92. The van der Waals surface area contributed by atoms with Crippen LogP contribution in [0, 0.1) is 0 Å². The maximum absolute atomic E-state index is 11.2. The van der Waals surface area contributed by atoms with Crippen molar-refractivity contribution < 1.29 is 34.1 Å². The molecular formula is C31H59NO7. The molecule has 0 aromatic heterocycles. The second kappa shape index (κ2) is 30.8. The molecule has 8 nitrogen and oxygen atoms in total. The van der Waals surface area contributed by atoms with Crippen molar-refractivity contribution in [2.45, 2.75) is 130 Å². The van der Waals surface area contributed by atoms with Crippen LogP contribution in [0.1, 0.15) is 124 Å². The van der Waals surface area contributed by atoms with E-state index in [1.807, 2.05) is 0 Å². The van der Waals surface area contributed by atoms with Gasteiger partial charge in [-0.15, -0.1) is 0 Å². The number of esters is 2. The van der Waals surface area contributed by atoms with E-state index in [-0.39, 0.29) is 25.8 Å². The first-order chi connectivity index (χ1) is 18.8. The third-order valence-corrected chi connectivity index (χ3v) is 5.95. The number of aliphatic hydroxyl groups excluding tert-OH is 2. The van der Waals surface area contributed by atoms with Crippen LogP contribution in [0.4, 0.5) is 0 Å². The summed E-state index contributed by atoms with van der Waals surface area (Å²) in [5.41, 5.74) is 3.30. The topological polar surface area (TPSA) is 114 Å². The zero-order valence-corrected chi connectivity index (χ0v) is 25.3. The Bertz CT molecular complexity index is 610. The van der Waals surface area contributed by atoms with Gasteiger partial charge in [-0.1, -0.05) is 116 Å². The first kappa shape index (κ1) is 39.4. The first-order valence-electron chi connectivity index (χ1n) is 15.0. The number of rotatable bonds is 26. The number of carbonyl (C=O) groups is 2. The smallest absolute Gasteiger partial charge is 0.333 e. The summed E-state index contributed by atoms with van der Waals surface area (Å²) in [7, 11) is 0. The molecule has 0 aliphatic rings. The summed E-state index contributed by atoms with van der Waals surface area (Å²) in [5.74, 6) is -0.705. The van der Waals surface area contributed by atoms with Gasteiger partial charge < -0.3 is 19.7 Å². The summed E-state index contributed by atoms with van der Waals surface area (Å²) in [6.07, 6.45) is 20.8. The lowest BCUT2D eigenvalue weighted by Gasteiger charge is -2.09. The van der Waals surface area contributed by atoms with Crippen molar-refractivity contribution in [3.05, 3.63) is 24.3 Å². The predicted molar refractivity (Wildman–Crippen MR) is 158 cm³/mol. The molecule has 0 heterocycles. The van der Waals surface area contributed by atoms with Gasteiger partial charge in [0.2, 0.25) is 0 Å². The maximum atomic E-state index is 11.2. The quantitative estimate of drug-likeness (QED) is 0.0488. The molecule has 8 heteroatoms. The summed E-state index contributed by atoms with van der Waals surface area (Å²) in [6.45, 7) is 13.1. The van der Waals surface area contributed by atoms with Crippen LogP contribution in [0.15, 0.2) is 24.3 Å². The van der Waals surface area contributed by atoms with Gasteiger partial charge >= 0.3 is 11.9 Å². The average molecular weight is 558 g/mol. The minimum Gasteiger partial charge on any atom is -0.462 e. The Kier molecular flexibility index (Phi) is 31.1. The Morgan fingerprint density at radius 3 is 1.46 bits per heavy atom. The van der Waals surface area contributed by atoms with Gasteiger partial charge in [0.15, 0.2) is 0 Å². The standard InChI is InChI=1S/C22H42O2.C9H17NO5/c1-4-5-6-7-8-9-10-11-12-13-14-15-16-17-18-19-20-24-22(23)21(2)3;1-7(2)9(13)14-4-3-10-15-6-8(12)5-11/h2,4-20H2,1,3H3;8,10-12H,1,3-6H2,2H3. The number of ether oxygens (including phenoxy) is 2. The highest BCUT2D eigenvalue weighted by Crippen LogP contribution is 2.13. The van der Waals surface area contributed by atoms with E-state index >= 15 is 0 Å². The van der Waals surface area contributed by atoms with E-state index in [9.17, 15) is 9.59 Å². The van der Waals surface area contributed by atoms with Crippen molar-refractivity contribution in [3.63, 3.8) is 0 Å². The summed E-state index contributed by atoms with van der Waals surface area (Å²) >= 11 is 0. The Hall–Kier alpha value is -1.74. The molecule has 0 fully saturated rings. The van der Waals surface area contributed by atoms with Gasteiger partial charge in [0.25, 0.3) is 0 Å². The zero-order chi connectivity index (χ0) is 29.6. The van der Waals surface area contributed by atoms with Gasteiger partial charge in [0.1, 0.15) is 12.7 Å². The third kappa shape index (κ3) is 32.4. The molecule has 0 saturated carbocycles. The van der Waals surface area contributed by atoms with E-state index < -0.39 is 12.1 Å². The van der Waals surface area contributed by atoms with Gasteiger partial charge in [0.05, 0.1) is 26.4 Å². The minimum absolute atomic E-state index is 0.0229. The lowest BCUT2D eigenvalue weighted by atomic mass is 10.0. The lowest BCUT2D eigenvalue weighted by molar-refractivity contribution is -0.140. The summed E-state index contributed by atoms with van der Waals surface area (Å²) in [5, 5.41) is 17.3. The van der Waals surface area contributed by atoms with Crippen molar-refractivity contribution in [2.24, 2.45) is 0 Å². The monoisotopic (exact) mass is 557 g/mol. The van der Waals surface area contributed by atoms with E-state index in [0.717, 1.165) is 6.42 Å². The summed E-state index contributed by atoms with van der Waals surface area (Å²) in [6, 6.07) is 0. The van der Waals surface area contributed by atoms with Crippen molar-refractivity contribution >= 4 is 11.9 Å². The van der Waals surface area contributed by atoms with Crippen molar-refractivity contribution in [1.82, 2.24) is 5.48 Å². The lowest BCUT2D eigenvalue weighted by Crippen LogP contribution is -2.28. The molecule has 0 amide bonds. The molecule has 0 spiro atoms. The molecule has 3 N–H and O–H groups in total. The number of hydroxylamine groups is 1. The van der Waals surface area contributed by atoms with E-state index in [4.69, 9.17) is 24.5 Å². The van der Waals surface area contributed by atoms with Crippen LogP contribution in [0.25, 0.3) is 0 Å². The summed E-state index contributed by atoms with van der Waals surface area (Å²) in [4.78, 5) is 26.8. The fourth-order valence-electron chi connectivity index (χ4n) is 3.53. The van der Waals surface area contributed by atoms with Gasteiger partial charge in [-0.3, -0.25) is 4.84 Å². The molecular weight excluding hydrogens is 498 g/mol. The van der Waals surface area contributed by atoms with E-state index in [0.29, 0.717) is 24.3 Å². The first-order valence-corrected chi connectivity index (χ1v) is 15.0. The van der Waals surface area contributed by atoms with Crippen molar-refractivity contribution in [1.29, 1.82) is 0 Å². The maximum Gasteiger partial charge on any atom is 0.333 e. The molecule has 0 aromatic rings. The van der Waals surface area contributed by atoms with E-state index in [2.05, 4.69) is 25.6 Å². The molecule has 0 aromatic carbocycles. The number of aliphatic hydroxyl groups is 2. The molecule has 230 valence electrons. The van der Waals surface area contributed by atoms with Gasteiger partial charge in [-0.2, -0.15) is 5.48 Å². The SMILES string of the molecule is C=C(C)C(=O)OCCCCCCCCCCCCCCCCCC.C=C(C)C(=O)OCCNOCC(O)CO. The Morgan fingerprint density at radius 2 is 1.08 bits per heavy atom. The fourth-order valence-corrected chi connectivity index (χ4v) is 3.53. The summed E-state index contributed by atoms with van der Waals surface area (Å²) < 4.78 is 9.83. The zero-order valence-electron chi connectivity index (χ0n) is 25.3. The largest absolute Gasteiger partial charge is 0.462 e. The van der Waals surface area contributed by atoms with Crippen LogP contribution in [-0.2, 0) is 23.9 Å². The number of nitrogens with one attached hydrogen (secondary N) is 1. The molecule has 0 rings (SSSR count). The fraction of sp³-hybridized carbons (Fsp3) is 0.806. The highest BCUT2D eigenvalue weighted by atomic mass is 16.7. The number of unbranched alkanes of at least 4 members (excludes halogenated alkanes) is 15. The Morgan fingerprint density at radius 1 is 0.692 bits per heavy atom. The van der Waals surface area contributed by atoms with Crippen molar-refractivity contribution in [3.8, 4) is 0 Å². The van der Waals surface area contributed by atoms with Crippen molar-refractivity contribution in [2.75, 3.05) is 33.0 Å². The molecule has 0 saturated heterocycles. The van der Waals surface area contributed by atoms with Crippen LogP contribution in [0.3, 0.4) is 0 Å². The van der Waals surface area contributed by atoms with Crippen LogP contribution in [0.5, 0.6) is 0 Å². The molecule has 0 aliphatic carbocycles. The minimum atomic E-state index is -0.907. The van der Waals surface area contributed by atoms with E-state index in [1.165, 1.54) is 96.3 Å². The Balaban J connectivity index is 0. The number of hydrogen-bond donors (Lipinski definition) is 3. The third-order valence-electron chi connectivity index (χ3n) is 5.95. The number of hydrogen-bond acceptors (Lipinski definition) is 8.